The van der Waals surface area contributed by atoms with E-state index in [-0.39, 0.29) is 23.9 Å². The first-order valence-electron chi connectivity index (χ1n) is 11.5. The van der Waals surface area contributed by atoms with Crippen molar-refractivity contribution < 1.29 is 19.4 Å². The van der Waals surface area contributed by atoms with Gasteiger partial charge in [0.05, 0.1) is 11.8 Å². The number of hydrogen-bond donors (Lipinski definition) is 1. The third-order valence-electron chi connectivity index (χ3n) is 5.90. The summed E-state index contributed by atoms with van der Waals surface area (Å²) >= 11 is 0. The van der Waals surface area contributed by atoms with E-state index >= 15 is 0 Å². The lowest BCUT2D eigenvalue weighted by Gasteiger charge is -2.27. The number of carbonyl (C=O) groups is 2. The molecule has 1 saturated carbocycles. The summed E-state index contributed by atoms with van der Waals surface area (Å²) < 4.78 is 5.85. The first-order valence-corrected chi connectivity index (χ1v) is 11.5. The maximum atomic E-state index is 12.6. The summed E-state index contributed by atoms with van der Waals surface area (Å²) in [5, 5.41) is 9.22. The molecule has 0 saturated heterocycles. The number of carboxylic acids is 1. The van der Waals surface area contributed by atoms with Gasteiger partial charge in [-0.1, -0.05) is 78.1 Å². The van der Waals surface area contributed by atoms with Crippen molar-refractivity contribution in [2.75, 3.05) is 0 Å². The molecule has 0 radical (unpaired) electrons. The topological polar surface area (TPSA) is 63.6 Å². The van der Waals surface area contributed by atoms with Gasteiger partial charge in [0.25, 0.3) is 0 Å². The van der Waals surface area contributed by atoms with Crippen LogP contribution in [-0.2, 0) is 14.3 Å². The monoisotopic (exact) mass is 382 g/mol. The van der Waals surface area contributed by atoms with Crippen molar-refractivity contribution in [3.05, 3.63) is 0 Å². The molecular formula is C23H42O4. The first kappa shape index (κ1) is 24.0. The Labute approximate surface area is 166 Å². The zero-order valence-corrected chi connectivity index (χ0v) is 17.7. The van der Waals surface area contributed by atoms with Crippen LogP contribution in [0.5, 0.6) is 0 Å². The molecule has 158 valence electrons. The summed E-state index contributed by atoms with van der Waals surface area (Å²) in [4.78, 5) is 23.8. The molecule has 0 heterocycles. The van der Waals surface area contributed by atoms with Gasteiger partial charge in [-0.15, -0.1) is 0 Å². The van der Waals surface area contributed by atoms with Crippen molar-refractivity contribution in [2.45, 2.75) is 123 Å². The lowest BCUT2D eigenvalue weighted by molar-refractivity contribution is -0.158. The van der Waals surface area contributed by atoms with Gasteiger partial charge in [-0.25, -0.2) is 0 Å². The first-order chi connectivity index (χ1) is 13.1. The SMILES string of the molecule is CCCCCCCCCCC(CCCC)OC(=O)C1CCCC(C(=O)O)C1. The molecule has 0 aromatic heterocycles. The van der Waals surface area contributed by atoms with Crippen LogP contribution in [0.15, 0.2) is 0 Å². The predicted octanol–water partition coefficient (Wildman–Crippen LogP) is 6.51. The Morgan fingerprint density at radius 3 is 2.04 bits per heavy atom. The highest BCUT2D eigenvalue weighted by atomic mass is 16.5. The molecule has 3 atom stereocenters. The van der Waals surface area contributed by atoms with E-state index in [1.807, 2.05) is 0 Å². The molecule has 0 bridgehead atoms. The van der Waals surface area contributed by atoms with Crippen LogP contribution in [0, 0.1) is 11.8 Å². The van der Waals surface area contributed by atoms with E-state index in [9.17, 15) is 14.7 Å². The van der Waals surface area contributed by atoms with Gasteiger partial charge >= 0.3 is 11.9 Å². The van der Waals surface area contributed by atoms with Gasteiger partial charge in [-0.05, 0) is 38.5 Å². The molecule has 0 aromatic carbocycles. The van der Waals surface area contributed by atoms with Crippen LogP contribution >= 0.6 is 0 Å². The van der Waals surface area contributed by atoms with Gasteiger partial charge in [0.1, 0.15) is 6.10 Å². The van der Waals surface area contributed by atoms with E-state index in [0.29, 0.717) is 12.8 Å². The minimum absolute atomic E-state index is 0.0164. The molecule has 0 spiro atoms. The molecule has 4 heteroatoms. The quantitative estimate of drug-likeness (QED) is 0.259. The Morgan fingerprint density at radius 1 is 0.852 bits per heavy atom. The van der Waals surface area contributed by atoms with Crippen molar-refractivity contribution in [1.29, 1.82) is 0 Å². The molecule has 1 aliphatic rings. The number of esters is 1. The molecule has 1 rings (SSSR count). The molecule has 4 nitrogen and oxygen atoms in total. The van der Waals surface area contributed by atoms with Crippen LogP contribution in [0.4, 0.5) is 0 Å². The summed E-state index contributed by atoms with van der Waals surface area (Å²) in [6, 6.07) is 0. The number of aliphatic carboxylic acids is 1. The Hall–Kier alpha value is -1.06. The fraction of sp³-hybridized carbons (Fsp3) is 0.913. The van der Waals surface area contributed by atoms with Crippen LogP contribution in [-0.4, -0.2) is 23.1 Å². The standard InChI is InChI=1S/C23H42O4/c1-3-5-7-8-9-10-11-12-17-21(16-6-4-2)27-23(26)20-15-13-14-19(18-20)22(24)25/h19-21H,3-18H2,1-2H3,(H,24,25). The molecule has 0 aliphatic heterocycles. The summed E-state index contributed by atoms with van der Waals surface area (Å²) in [6.45, 7) is 4.40. The van der Waals surface area contributed by atoms with Crippen molar-refractivity contribution >= 4 is 11.9 Å². The van der Waals surface area contributed by atoms with Gasteiger partial charge in [0, 0.05) is 0 Å². The van der Waals surface area contributed by atoms with Crippen molar-refractivity contribution in [3.8, 4) is 0 Å². The minimum Gasteiger partial charge on any atom is -0.481 e. The number of carbonyl (C=O) groups excluding carboxylic acids is 1. The van der Waals surface area contributed by atoms with E-state index in [4.69, 9.17) is 4.74 Å². The molecular weight excluding hydrogens is 340 g/mol. The normalized spacial score (nSPS) is 21.0. The number of carboxylic acid groups (broad SMARTS) is 1. The van der Waals surface area contributed by atoms with E-state index in [2.05, 4.69) is 13.8 Å². The molecule has 27 heavy (non-hydrogen) atoms. The van der Waals surface area contributed by atoms with Crippen LogP contribution < -0.4 is 0 Å². The van der Waals surface area contributed by atoms with E-state index in [0.717, 1.165) is 44.9 Å². The number of hydrogen-bond acceptors (Lipinski definition) is 3. The average molecular weight is 383 g/mol. The number of unbranched alkanes of at least 4 members (excludes halogenated alkanes) is 8. The van der Waals surface area contributed by atoms with Crippen LogP contribution in [0.2, 0.25) is 0 Å². The summed E-state index contributed by atoms with van der Waals surface area (Å²) in [5.41, 5.74) is 0. The lowest BCUT2D eigenvalue weighted by atomic mass is 9.81. The van der Waals surface area contributed by atoms with E-state index in [1.165, 1.54) is 44.9 Å². The summed E-state index contributed by atoms with van der Waals surface area (Å²) in [6.07, 6.45) is 17.1. The molecule has 0 amide bonds. The Balaban J connectivity index is 2.31. The zero-order chi connectivity index (χ0) is 19.9. The molecule has 0 aromatic rings. The van der Waals surface area contributed by atoms with Gasteiger partial charge in [0.15, 0.2) is 0 Å². The third-order valence-corrected chi connectivity index (χ3v) is 5.90. The second-order valence-electron chi connectivity index (χ2n) is 8.36. The van der Waals surface area contributed by atoms with Gasteiger partial charge in [-0.2, -0.15) is 0 Å². The highest BCUT2D eigenvalue weighted by molar-refractivity contribution is 5.75. The van der Waals surface area contributed by atoms with Crippen LogP contribution in [0.25, 0.3) is 0 Å². The van der Waals surface area contributed by atoms with Crippen LogP contribution in [0.3, 0.4) is 0 Å². The highest BCUT2D eigenvalue weighted by Crippen LogP contribution is 2.31. The largest absolute Gasteiger partial charge is 0.481 e. The second-order valence-corrected chi connectivity index (χ2v) is 8.36. The number of rotatable bonds is 15. The maximum Gasteiger partial charge on any atom is 0.309 e. The Bertz CT molecular complexity index is 407. The summed E-state index contributed by atoms with van der Waals surface area (Å²) in [5.74, 6) is -1.52. The van der Waals surface area contributed by atoms with Gasteiger partial charge in [0.2, 0.25) is 0 Å². The molecule has 1 N–H and O–H groups in total. The Morgan fingerprint density at radius 2 is 1.41 bits per heavy atom. The van der Waals surface area contributed by atoms with Crippen molar-refractivity contribution in [2.24, 2.45) is 11.8 Å². The molecule has 1 fully saturated rings. The van der Waals surface area contributed by atoms with Gasteiger partial charge in [-0.3, -0.25) is 9.59 Å². The van der Waals surface area contributed by atoms with Crippen molar-refractivity contribution in [3.63, 3.8) is 0 Å². The fourth-order valence-corrected chi connectivity index (χ4v) is 4.09. The zero-order valence-electron chi connectivity index (χ0n) is 17.7. The fourth-order valence-electron chi connectivity index (χ4n) is 4.09. The minimum atomic E-state index is -0.769. The predicted molar refractivity (Wildman–Crippen MR) is 110 cm³/mol. The number of ether oxygens (including phenoxy) is 1. The lowest BCUT2D eigenvalue weighted by Crippen LogP contribution is -2.31. The third kappa shape index (κ3) is 10.8. The molecule has 1 aliphatic carbocycles. The van der Waals surface area contributed by atoms with Crippen LogP contribution in [0.1, 0.15) is 117 Å². The van der Waals surface area contributed by atoms with E-state index < -0.39 is 5.97 Å². The second kappa shape index (κ2) is 14.9. The van der Waals surface area contributed by atoms with Gasteiger partial charge < -0.3 is 9.84 Å². The van der Waals surface area contributed by atoms with Crippen molar-refractivity contribution in [1.82, 2.24) is 0 Å². The molecule has 3 unspecified atom stereocenters. The highest BCUT2D eigenvalue weighted by Gasteiger charge is 2.32. The smallest absolute Gasteiger partial charge is 0.309 e. The Kier molecular flexibility index (Phi) is 13.3. The summed E-state index contributed by atoms with van der Waals surface area (Å²) in [7, 11) is 0. The average Bonchev–Trinajstić information content (AvgIpc) is 2.67. The maximum absolute atomic E-state index is 12.6. The van der Waals surface area contributed by atoms with E-state index in [1.54, 1.807) is 0 Å².